The third-order valence-electron chi connectivity index (χ3n) is 5.59. The van der Waals surface area contributed by atoms with Gasteiger partial charge in [-0.1, -0.05) is 25.7 Å². The lowest BCUT2D eigenvalue weighted by Gasteiger charge is -2.24. The molecule has 0 unspecified atom stereocenters. The Bertz CT molecular complexity index is 538. The summed E-state index contributed by atoms with van der Waals surface area (Å²) < 4.78 is 10.2. The van der Waals surface area contributed by atoms with Crippen molar-refractivity contribution in [3.05, 3.63) is 0 Å². The van der Waals surface area contributed by atoms with Gasteiger partial charge in [-0.2, -0.15) is 0 Å². The second-order valence-electron chi connectivity index (χ2n) is 8.37. The van der Waals surface area contributed by atoms with E-state index in [1.165, 1.54) is 13.8 Å². The Labute approximate surface area is 172 Å². The van der Waals surface area contributed by atoms with E-state index < -0.39 is 17.4 Å². The monoisotopic (exact) mass is 410 g/mol. The molecule has 0 saturated carbocycles. The largest absolute Gasteiger partial charge is 0.455 e. The summed E-state index contributed by atoms with van der Waals surface area (Å²) in [5.74, 6) is -2.15. The van der Waals surface area contributed by atoms with Gasteiger partial charge in [0.15, 0.2) is 18.6 Å². The van der Waals surface area contributed by atoms with Gasteiger partial charge in [-0.05, 0) is 39.5 Å². The molecule has 0 bridgehead atoms. The summed E-state index contributed by atoms with van der Waals surface area (Å²) in [6.07, 6.45) is 8.17. The molecule has 0 aromatic carbocycles. The van der Waals surface area contributed by atoms with E-state index in [1.54, 1.807) is 9.80 Å². The fraction of sp³-hybridized carbons (Fsp3) is 0.810. The molecule has 0 N–H and O–H groups in total. The highest BCUT2D eigenvalue weighted by Crippen LogP contribution is 2.20. The van der Waals surface area contributed by atoms with Crippen LogP contribution in [0.5, 0.6) is 0 Å². The maximum Gasteiger partial charge on any atom is 0.323 e. The maximum atomic E-state index is 12.4. The zero-order valence-corrected chi connectivity index (χ0v) is 17.7. The molecule has 0 spiro atoms. The number of carbonyl (C=O) groups is 4. The first-order valence-corrected chi connectivity index (χ1v) is 10.7. The molecule has 2 amide bonds. The summed E-state index contributed by atoms with van der Waals surface area (Å²) in [5.41, 5.74) is -1.59. The van der Waals surface area contributed by atoms with Gasteiger partial charge in [0, 0.05) is 26.2 Å². The predicted molar refractivity (Wildman–Crippen MR) is 106 cm³/mol. The zero-order chi connectivity index (χ0) is 21.3. The number of rotatable bonds is 6. The number of ether oxygens (including phenoxy) is 2. The van der Waals surface area contributed by atoms with Crippen molar-refractivity contribution in [1.82, 2.24) is 9.80 Å². The number of likely N-dealkylation sites (tertiary alicyclic amines) is 2. The average Bonchev–Trinajstić information content (AvgIpc) is 3.14. The molecule has 0 aromatic heterocycles. The van der Waals surface area contributed by atoms with Crippen molar-refractivity contribution in [3.63, 3.8) is 0 Å². The molecular weight excluding hydrogens is 376 g/mol. The van der Waals surface area contributed by atoms with Gasteiger partial charge in [-0.25, -0.2) is 0 Å². The van der Waals surface area contributed by atoms with Crippen LogP contribution >= 0.6 is 0 Å². The molecule has 0 atom stereocenters. The van der Waals surface area contributed by atoms with E-state index in [-0.39, 0.29) is 25.0 Å². The van der Waals surface area contributed by atoms with Crippen LogP contribution in [0.4, 0.5) is 0 Å². The minimum atomic E-state index is -1.59. The highest BCUT2D eigenvalue weighted by molar-refractivity contribution is 6.00. The topological polar surface area (TPSA) is 93.2 Å². The fourth-order valence-corrected chi connectivity index (χ4v) is 3.52. The number of esters is 2. The number of hydrogen-bond donors (Lipinski definition) is 0. The molecule has 8 heteroatoms. The number of hydrogen-bond acceptors (Lipinski definition) is 6. The highest BCUT2D eigenvalue weighted by Gasteiger charge is 2.40. The van der Waals surface area contributed by atoms with Crippen LogP contribution in [0.1, 0.15) is 65.2 Å². The molecule has 2 fully saturated rings. The van der Waals surface area contributed by atoms with E-state index in [2.05, 4.69) is 0 Å². The van der Waals surface area contributed by atoms with Gasteiger partial charge in [0.25, 0.3) is 11.8 Å². The first-order valence-electron chi connectivity index (χ1n) is 10.7. The van der Waals surface area contributed by atoms with Gasteiger partial charge in [-0.3, -0.25) is 19.2 Å². The van der Waals surface area contributed by atoms with E-state index in [0.717, 1.165) is 51.4 Å². The van der Waals surface area contributed by atoms with Crippen LogP contribution in [0.25, 0.3) is 0 Å². The van der Waals surface area contributed by atoms with Crippen molar-refractivity contribution in [2.24, 2.45) is 5.41 Å². The normalized spacial score (nSPS) is 18.4. The molecule has 2 aliphatic heterocycles. The molecular formula is C21H34N2O6. The second kappa shape index (κ2) is 11.2. The predicted octanol–water partition coefficient (Wildman–Crippen LogP) is 1.90. The van der Waals surface area contributed by atoms with Gasteiger partial charge < -0.3 is 19.3 Å². The molecule has 0 aliphatic carbocycles. The van der Waals surface area contributed by atoms with Crippen LogP contribution in [-0.2, 0) is 28.7 Å². The Morgan fingerprint density at radius 3 is 1.24 bits per heavy atom. The summed E-state index contributed by atoms with van der Waals surface area (Å²) in [7, 11) is 0. The molecule has 0 radical (unpaired) electrons. The Hall–Kier alpha value is -2.12. The number of carbonyl (C=O) groups excluding carboxylic acids is 4. The van der Waals surface area contributed by atoms with Crippen molar-refractivity contribution in [1.29, 1.82) is 0 Å². The SMILES string of the molecule is CC(C)(C(=O)OCC(=O)N1CCCCCC1)C(=O)OCC(=O)N1CCCCCC1. The van der Waals surface area contributed by atoms with Crippen molar-refractivity contribution in [2.45, 2.75) is 65.2 Å². The van der Waals surface area contributed by atoms with Crippen molar-refractivity contribution in [3.8, 4) is 0 Å². The third-order valence-corrected chi connectivity index (χ3v) is 5.59. The van der Waals surface area contributed by atoms with E-state index in [4.69, 9.17) is 9.47 Å². The quantitative estimate of drug-likeness (QED) is 0.490. The lowest BCUT2D eigenvalue weighted by Crippen LogP contribution is -2.42. The van der Waals surface area contributed by atoms with Gasteiger partial charge in [0.1, 0.15) is 0 Å². The second-order valence-corrected chi connectivity index (χ2v) is 8.37. The highest BCUT2D eigenvalue weighted by atomic mass is 16.6. The Balaban J connectivity index is 1.78. The molecule has 29 heavy (non-hydrogen) atoms. The molecule has 2 aliphatic rings. The van der Waals surface area contributed by atoms with E-state index >= 15 is 0 Å². The zero-order valence-electron chi connectivity index (χ0n) is 17.7. The lowest BCUT2D eigenvalue weighted by molar-refractivity contribution is -0.173. The first-order chi connectivity index (χ1) is 13.8. The number of amides is 2. The summed E-state index contributed by atoms with van der Waals surface area (Å²) in [6, 6.07) is 0. The fourth-order valence-electron chi connectivity index (χ4n) is 3.52. The summed E-state index contributed by atoms with van der Waals surface area (Å²) in [6.45, 7) is 4.65. The van der Waals surface area contributed by atoms with E-state index in [1.807, 2.05) is 0 Å². The molecule has 2 saturated heterocycles. The van der Waals surface area contributed by atoms with Crippen molar-refractivity contribution >= 4 is 23.8 Å². The molecule has 2 heterocycles. The molecule has 8 nitrogen and oxygen atoms in total. The Morgan fingerprint density at radius 1 is 0.621 bits per heavy atom. The minimum absolute atomic E-state index is 0.249. The smallest absolute Gasteiger partial charge is 0.323 e. The van der Waals surface area contributed by atoms with Gasteiger partial charge >= 0.3 is 11.9 Å². The van der Waals surface area contributed by atoms with E-state index in [0.29, 0.717) is 26.2 Å². The van der Waals surface area contributed by atoms with Crippen LogP contribution < -0.4 is 0 Å². The van der Waals surface area contributed by atoms with Crippen molar-refractivity contribution < 1.29 is 28.7 Å². The average molecular weight is 411 g/mol. The van der Waals surface area contributed by atoms with Gasteiger partial charge in [0.05, 0.1) is 0 Å². The molecule has 164 valence electrons. The van der Waals surface area contributed by atoms with Crippen LogP contribution in [-0.4, -0.2) is 72.9 Å². The minimum Gasteiger partial charge on any atom is -0.455 e. The van der Waals surface area contributed by atoms with Crippen LogP contribution in [0.3, 0.4) is 0 Å². The van der Waals surface area contributed by atoms with Gasteiger partial charge in [0.2, 0.25) is 0 Å². The standard InChI is InChI=1S/C21H34N2O6/c1-21(2,19(26)28-15-17(24)22-11-7-3-4-8-12-22)20(27)29-16-18(25)23-13-9-5-6-10-14-23/h3-16H2,1-2H3. The molecule has 0 aromatic rings. The van der Waals surface area contributed by atoms with Crippen LogP contribution in [0.15, 0.2) is 0 Å². The number of nitrogens with zero attached hydrogens (tertiary/aromatic N) is 2. The summed E-state index contributed by atoms with van der Waals surface area (Å²) >= 11 is 0. The Morgan fingerprint density at radius 2 is 0.931 bits per heavy atom. The third kappa shape index (κ3) is 7.01. The maximum absolute atomic E-state index is 12.4. The lowest BCUT2D eigenvalue weighted by atomic mass is 9.94. The van der Waals surface area contributed by atoms with Crippen LogP contribution in [0, 0.1) is 5.41 Å². The first kappa shape index (κ1) is 23.2. The Kier molecular flexibility index (Phi) is 8.92. The molecule has 2 rings (SSSR count). The van der Waals surface area contributed by atoms with Crippen molar-refractivity contribution in [2.75, 3.05) is 39.4 Å². The van der Waals surface area contributed by atoms with Crippen LogP contribution in [0.2, 0.25) is 0 Å². The summed E-state index contributed by atoms with van der Waals surface area (Å²) in [5, 5.41) is 0. The van der Waals surface area contributed by atoms with Gasteiger partial charge in [-0.15, -0.1) is 0 Å². The van der Waals surface area contributed by atoms with E-state index in [9.17, 15) is 19.2 Å². The summed E-state index contributed by atoms with van der Waals surface area (Å²) in [4.78, 5) is 52.6.